The van der Waals surface area contributed by atoms with Gasteiger partial charge in [-0.1, -0.05) is 33.8 Å². The van der Waals surface area contributed by atoms with Crippen LogP contribution in [0.2, 0.25) is 18.1 Å². The molecule has 0 heterocycles. The Kier molecular flexibility index (Phi) is 4.15. The third-order valence-corrected chi connectivity index (χ3v) is 8.12. The number of hydrogen-bond donors (Lipinski definition) is 0. The predicted octanol–water partition coefficient (Wildman–Crippen LogP) is 3.85. The molecule has 0 N–H and O–H groups in total. The molecule has 1 unspecified atom stereocenters. The summed E-state index contributed by atoms with van der Waals surface area (Å²) >= 11 is 0. The molecule has 0 saturated carbocycles. The standard InChI is InChI=1S/C14H24O2Si/c1-7-8-11-12(15)9-10-13(11)16-17(5,6)14(2,3)4/h8-10,13H,7H2,1-6H3. The molecule has 0 aromatic carbocycles. The van der Waals surface area contributed by atoms with Crippen molar-refractivity contribution in [2.75, 3.05) is 0 Å². The third-order valence-electron chi connectivity index (χ3n) is 3.67. The Morgan fingerprint density at radius 2 is 2.00 bits per heavy atom. The normalized spacial score (nSPS) is 23.8. The van der Waals surface area contributed by atoms with Gasteiger partial charge < -0.3 is 4.43 Å². The van der Waals surface area contributed by atoms with Gasteiger partial charge >= 0.3 is 0 Å². The smallest absolute Gasteiger partial charge is 0.193 e. The van der Waals surface area contributed by atoms with E-state index in [1.165, 1.54) is 0 Å². The Balaban J connectivity index is 2.86. The second kappa shape index (κ2) is 4.90. The van der Waals surface area contributed by atoms with E-state index in [1.807, 2.05) is 19.1 Å². The molecule has 0 bridgehead atoms. The van der Waals surface area contributed by atoms with Crippen molar-refractivity contribution in [1.82, 2.24) is 0 Å². The molecule has 96 valence electrons. The zero-order chi connectivity index (χ0) is 13.3. The first-order valence-corrected chi connectivity index (χ1v) is 9.20. The minimum atomic E-state index is -1.81. The first kappa shape index (κ1) is 14.4. The van der Waals surface area contributed by atoms with Crippen LogP contribution in [-0.2, 0) is 9.22 Å². The van der Waals surface area contributed by atoms with E-state index in [-0.39, 0.29) is 16.9 Å². The number of allylic oxidation sites excluding steroid dienone is 2. The Morgan fingerprint density at radius 1 is 1.41 bits per heavy atom. The number of hydrogen-bond acceptors (Lipinski definition) is 2. The van der Waals surface area contributed by atoms with Gasteiger partial charge in [0.15, 0.2) is 14.1 Å². The van der Waals surface area contributed by atoms with Crippen LogP contribution >= 0.6 is 0 Å². The van der Waals surface area contributed by atoms with Crippen LogP contribution < -0.4 is 0 Å². The van der Waals surface area contributed by atoms with Gasteiger partial charge in [0.1, 0.15) is 0 Å². The van der Waals surface area contributed by atoms with Crippen molar-refractivity contribution in [3.05, 3.63) is 23.8 Å². The highest BCUT2D eigenvalue weighted by molar-refractivity contribution is 6.74. The molecule has 1 aliphatic rings. The maximum absolute atomic E-state index is 11.7. The maximum atomic E-state index is 11.7. The van der Waals surface area contributed by atoms with Gasteiger partial charge in [-0.2, -0.15) is 0 Å². The van der Waals surface area contributed by atoms with E-state index in [2.05, 4.69) is 33.9 Å². The van der Waals surface area contributed by atoms with Gasteiger partial charge in [-0.05, 0) is 36.7 Å². The summed E-state index contributed by atoms with van der Waals surface area (Å²) in [5, 5.41) is 0.170. The lowest BCUT2D eigenvalue weighted by atomic mass is 10.1. The molecule has 0 spiro atoms. The zero-order valence-electron chi connectivity index (χ0n) is 11.8. The Hall–Kier alpha value is -0.673. The average Bonchev–Trinajstić information content (AvgIpc) is 2.48. The van der Waals surface area contributed by atoms with Crippen LogP contribution in [0.15, 0.2) is 23.8 Å². The number of rotatable bonds is 3. The molecule has 17 heavy (non-hydrogen) atoms. The van der Waals surface area contributed by atoms with Crippen LogP contribution in [0.3, 0.4) is 0 Å². The average molecular weight is 252 g/mol. The van der Waals surface area contributed by atoms with Crippen LogP contribution in [0.4, 0.5) is 0 Å². The van der Waals surface area contributed by atoms with Gasteiger partial charge in [0, 0.05) is 5.57 Å². The summed E-state index contributed by atoms with van der Waals surface area (Å²) in [6.45, 7) is 13.1. The summed E-state index contributed by atoms with van der Waals surface area (Å²) in [6.07, 6.45) is 6.27. The number of ketones is 1. The third kappa shape index (κ3) is 3.17. The minimum absolute atomic E-state index is 0.107. The van der Waals surface area contributed by atoms with E-state index in [9.17, 15) is 4.79 Å². The van der Waals surface area contributed by atoms with Crippen LogP contribution in [0.1, 0.15) is 34.1 Å². The Bertz CT molecular complexity index is 359. The fraction of sp³-hybridized carbons (Fsp3) is 0.643. The Morgan fingerprint density at radius 3 is 2.47 bits per heavy atom. The Labute approximate surface area is 106 Å². The molecule has 1 aliphatic carbocycles. The molecule has 0 aromatic heterocycles. The molecule has 1 rings (SSSR count). The van der Waals surface area contributed by atoms with E-state index in [1.54, 1.807) is 6.08 Å². The number of carbonyl (C=O) groups excluding carboxylic acids is 1. The summed E-state index contributed by atoms with van der Waals surface area (Å²) in [7, 11) is -1.81. The summed E-state index contributed by atoms with van der Waals surface area (Å²) in [5.41, 5.74) is 0.817. The molecular weight excluding hydrogens is 228 g/mol. The van der Waals surface area contributed by atoms with E-state index < -0.39 is 8.32 Å². The van der Waals surface area contributed by atoms with E-state index >= 15 is 0 Å². The van der Waals surface area contributed by atoms with Gasteiger partial charge in [-0.3, -0.25) is 4.79 Å². The minimum Gasteiger partial charge on any atom is -0.406 e. The first-order valence-electron chi connectivity index (χ1n) is 6.29. The second-order valence-corrected chi connectivity index (χ2v) is 10.8. The van der Waals surface area contributed by atoms with E-state index in [4.69, 9.17) is 4.43 Å². The summed E-state index contributed by atoms with van der Waals surface area (Å²) in [4.78, 5) is 11.7. The van der Waals surface area contributed by atoms with Crippen LogP contribution in [0.5, 0.6) is 0 Å². The maximum Gasteiger partial charge on any atom is 0.193 e. The fourth-order valence-corrected chi connectivity index (χ4v) is 2.74. The lowest BCUT2D eigenvalue weighted by Gasteiger charge is -2.38. The van der Waals surface area contributed by atoms with Crippen LogP contribution in [-0.4, -0.2) is 20.2 Å². The molecular formula is C14H24O2Si. The molecule has 2 nitrogen and oxygen atoms in total. The molecule has 0 aliphatic heterocycles. The van der Waals surface area contributed by atoms with Crippen molar-refractivity contribution >= 4 is 14.1 Å². The lowest BCUT2D eigenvalue weighted by molar-refractivity contribution is -0.111. The first-order chi connectivity index (χ1) is 7.69. The van der Waals surface area contributed by atoms with Crippen molar-refractivity contribution in [2.24, 2.45) is 0 Å². The van der Waals surface area contributed by atoms with Crippen molar-refractivity contribution in [3.8, 4) is 0 Å². The van der Waals surface area contributed by atoms with E-state index in [0.29, 0.717) is 0 Å². The summed E-state index contributed by atoms with van der Waals surface area (Å²) in [6, 6.07) is 0. The monoisotopic (exact) mass is 252 g/mol. The molecule has 0 radical (unpaired) electrons. The van der Waals surface area contributed by atoms with Crippen molar-refractivity contribution in [3.63, 3.8) is 0 Å². The van der Waals surface area contributed by atoms with Gasteiger partial charge in [0.05, 0.1) is 6.10 Å². The molecule has 1 atom stereocenters. The van der Waals surface area contributed by atoms with Crippen LogP contribution in [0.25, 0.3) is 0 Å². The van der Waals surface area contributed by atoms with Gasteiger partial charge in [-0.25, -0.2) is 0 Å². The SMILES string of the molecule is CCC=C1C(=O)C=CC1O[Si](C)(C)C(C)(C)C. The van der Waals surface area contributed by atoms with Gasteiger partial charge in [0.25, 0.3) is 0 Å². The molecule has 0 aromatic rings. The lowest BCUT2D eigenvalue weighted by Crippen LogP contribution is -2.43. The largest absolute Gasteiger partial charge is 0.406 e. The quantitative estimate of drug-likeness (QED) is 0.563. The number of carbonyl (C=O) groups is 1. The highest BCUT2D eigenvalue weighted by Gasteiger charge is 2.40. The predicted molar refractivity (Wildman–Crippen MR) is 74.6 cm³/mol. The highest BCUT2D eigenvalue weighted by Crippen LogP contribution is 2.38. The topological polar surface area (TPSA) is 26.3 Å². The molecule has 0 saturated heterocycles. The second-order valence-electron chi connectivity index (χ2n) is 6.09. The van der Waals surface area contributed by atoms with Crippen molar-refractivity contribution in [2.45, 2.75) is 58.4 Å². The molecule has 0 fully saturated rings. The molecule has 0 amide bonds. The van der Waals surface area contributed by atoms with Gasteiger partial charge in [0.2, 0.25) is 0 Å². The molecule has 3 heteroatoms. The van der Waals surface area contributed by atoms with Gasteiger partial charge in [-0.15, -0.1) is 0 Å². The van der Waals surface area contributed by atoms with Crippen molar-refractivity contribution in [1.29, 1.82) is 0 Å². The van der Waals surface area contributed by atoms with E-state index in [0.717, 1.165) is 12.0 Å². The van der Waals surface area contributed by atoms with Crippen LogP contribution in [0, 0.1) is 0 Å². The summed E-state index contributed by atoms with van der Waals surface area (Å²) < 4.78 is 6.26. The summed E-state index contributed by atoms with van der Waals surface area (Å²) in [5.74, 6) is 0.107. The highest BCUT2D eigenvalue weighted by atomic mass is 28.4. The fourth-order valence-electron chi connectivity index (χ4n) is 1.55. The van der Waals surface area contributed by atoms with Crippen molar-refractivity contribution < 1.29 is 9.22 Å². The zero-order valence-corrected chi connectivity index (χ0v) is 12.8.